The van der Waals surface area contributed by atoms with E-state index in [9.17, 15) is 0 Å². The number of halogens is 1. The van der Waals surface area contributed by atoms with E-state index >= 15 is 0 Å². The Morgan fingerprint density at radius 3 is 2.24 bits per heavy atom. The van der Waals surface area contributed by atoms with Crippen LogP contribution in [-0.4, -0.2) is 16.2 Å². The van der Waals surface area contributed by atoms with Crippen LogP contribution in [0.4, 0.5) is 5.13 Å². The van der Waals surface area contributed by atoms with E-state index in [1.165, 1.54) is 19.3 Å². The van der Waals surface area contributed by atoms with Crippen LogP contribution in [0.1, 0.15) is 47.0 Å². The summed E-state index contributed by atoms with van der Waals surface area (Å²) in [5, 5.41) is 12.5. The largest absolute Gasteiger partial charge is 0.357 e. The summed E-state index contributed by atoms with van der Waals surface area (Å²) >= 11 is 4.91. The Labute approximate surface area is 116 Å². The molecule has 0 aromatic carbocycles. The van der Waals surface area contributed by atoms with E-state index in [0.29, 0.717) is 16.9 Å². The van der Waals surface area contributed by atoms with Crippen molar-refractivity contribution in [2.24, 2.45) is 10.8 Å². The first-order chi connectivity index (χ1) is 7.76. The van der Waals surface area contributed by atoms with Gasteiger partial charge in [-0.3, -0.25) is 0 Å². The van der Waals surface area contributed by atoms with Gasteiger partial charge in [0, 0.05) is 6.04 Å². The molecule has 1 fully saturated rings. The number of anilines is 1. The molecule has 1 aliphatic rings. The molecule has 3 nitrogen and oxygen atoms in total. The first-order valence-corrected chi connectivity index (χ1v) is 7.62. The molecule has 1 aromatic heterocycles. The van der Waals surface area contributed by atoms with E-state index in [1.54, 1.807) is 11.3 Å². The van der Waals surface area contributed by atoms with Gasteiger partial charge >= 0.3 is 0 Å². The quantitative estimate of drug-likeness (QED) is 0.882. The zero-order chi connectivity index (χ0) is 12.7. The molecule has 0 bridgehead atoms. The van der Waals surface area contributed by atoms with E-state index in [2.05, 4.69) is 59.1 Å². The maximum atomic E-state index is 4.12. The van der Waals surface area contributed by atoms with Crippen LogP contribution in [0.3, 0.4) is 0 Å². The van der Waals surface area contributed by atoms with Crippen LogP contribution in [0.5, 0.6) is 0 Å². The molecule has 0 saturated heterocycles. The highest BCUT2D eigenvalue weighted by atomic mass is 79.9. The molecule has 0 amide bonds. The minimum atomic E-state index is 0.404. The molecule has 0 unspecified atom stereocenters. The van der Waals surface area contributed by atoms with Crippen molar-refractivity contribution in [1.29, 1.82) is 0 Å². The summed E-state index contributed by atoms with van der Waals surface area (Å²) in [5.74, 6) is 0. The van der Waals surface area contributed by atoms with E-state index < -0.39 is 0 Å². The maximum absolute atomic E-state index is 4.12. The second-order valence-corrected chi connectivity index (χ2v) is 8.87. The molecule has 0 aliphatic heterocycles. The predicted octanol–water partition coefficient (Wildman–Crippen LogP) is 4.32. The maximum Gasteiger partial charge on any atom is 0.206 e. The number of nitrogens with one attached hydrogen (secondary N) is 1. The average Bonchev–Trinajstić information content (AvgIpc) is 2.44. The summed E-state index contributed by atoms with van der Waals surface area (Å²) in [6.07, 6.45) is 3.69. The van der Waals surface area contributed by atoms with Crippen molar-refractivity contribution in [2.45, 2.75) is 53.0 Å². The fourth-order valence-electron chi connectivity index (χ4n) is 3.39. The topological polar surface area (TPSA) is 37.8 Å². The van der Waals surface area contributed by atoms with Crippen LogP contribution in [0, 0.1) is 10.8 Å². The first-order valence-electron chi connectivity index (χ1n) is 6.01. The van der Waals surface area contributed by atoms with Crippen molar-refractivity contribution < 1.29 is 0 Å². The lowest BCUT2D eigenvalue weighted by Crippen LogP contribution is -2.40. The summed E-state index contributed by atoms with van der Waals surface area (Å²) in [7, 11) is 0. The smallest absolute Gasteiger partial charge is 0.206 e. The van der Waals surface area contributed by atoms with Gasteiger partial charge in [0.15, 0.2) is 3.92 Å². The molecule has 96 valence electrons. The molecule has 17 heavy (non-hydrogen) atoms. The van der Waals surface area contributed by atoms with Gasteiger partial charge in [0.2, 0.25) is 5.13 Å². The Balaban J connectivity index is 2.06. The molecule has 2 rings (SSSR count). The van der Waals surface area contributed by atoms with E-state index in [-0.39, 0.29) is 0 Å². The summed E-state index contributed by atoms with van der Waals surface area (Å²) in [4.78, 5) is 0. The molecular weight excluding hydrogens is 298 g/mol. The van der Waals surface area contributed by atoms with Crippen LogP contribution < -0.4 is 5.32 Å². The molecule has 1 aromatic rings. The van der Waals surface area contributed by atoms with Gasteiger partial charge in [-0.05, 0) is 46.0 Å². The molecule has 1 N–H and O–H groups in total. The van der Waals surface area contributed by atoms with Crippen molar-refractivity contribution in [3.05, 3.63) is 3.92 Å². The highest BCUT2D eigenvalue weighted by Crippen LogP contribution is 2.46. The van der Waals surface area contributed by atoms with Gasteiger partial charge in [0.05, 0.1) is 0 Å². The summed E-state index contributed by atoms with van der Waals surface area (Å²) in [5.41, 5.74) is 0.808. The number of aromatic nitrogens is 2. The van der Waals surface area contributed by atoms with Gasteiger partial charge < -0.3 is 5.32 Å². The van der Waals surface area contributed by atoms with E-state index in [1.807, 2.05) is 0 Å². The van der Waals surface area contributed by atoms with Gasteiger partial charge in [-0.15, -0.1) is 10.2 Å². The van der Waals surface area contributed by atoms with Crippen molar-refractivity contribution >= 4 is 32.4 Å². The predicted molar refractivity (Wildman–Crippen MR) is 76.4 cm³/mol. The SMILES string of the molecule is CC1(C)CC(Nc2nnc(Br)s2)CC(C)(C)C1. The molecular formula is C12H20BrN3S. The Bertz CT molecular complexity index is 384. The fraction of sp³-hybridized carbons (Fsp3) is 0.833. The lowest BCUT2D eigenvalue weighted by Gasteiger charge is -2.45. The number of rotatable bonds is 2. The van der Waals surface area contributed by atoms with Gasteiger partial charge in [0.25, 0.3) is 0 Å². The Morgan fingerprint density at radius 2 is 1.76 bits per heavy atom. The minimum absolute atomic E-state index is 0.404. The fourth-order valence-corrected chi connectivity index (χ4v) is 4.47. The van der Waals surface area contributed by atoms with Crippen molar-refractivity contribution in [2.75, 3.05) is 5.32 Å². The van der Waals surface area contributed by atoms with Gasteiger partial charge in [-0.2, -0.15) is 0 Å². The van der Waals surface area contributed by atoms with Gasteiger partial charge in [-0.25, -0.2) is 0 Å². The second-order valence-electron chi connectivity index (χ2n) is 6.61. The molecule has 0 radical (unpaired) electrons. The third-order valence-corrected chi connectivity index (χ3v) is 4.57. The Kier molecular flexibility index (Phi) is 3.51. The summed E-state index contributed by atoms with van der Waals surface area (Å²) in [6.45, 7) is 9.44. The minimum Gasteiger partial charge on any atom is -0.357 e. The van der Waals surface area contributed by atoms with Crippen LogP contribution >= 0.6 is 27.3 Å². The number of hydrogen-bond donors (Lipinski definition) is 1. The van der Waals surface area contributed by atoms with Gasteiger partial charge in [0.1, 0.15) is 0 Å². The molecule has 0 atom stereocenters. The molecule has 5 heteroatoms. The summed E-state index contributed by atoms with van der Waals surface area (Å²) in [6, 6.07) is 0.508. The van der Waals surface area contributed by atoms with Crippen LogP contribution in [0.15, 0.2) is 3.92 Å². The van der Waals surface area contributed by atoms with Crippen LogP contribution in [0.2, 0.25) is 0 Å². The van der Waals surface area contributed by atoms with Crippen molar-refractivity contribution in [3.8, 4) is 0 Å². The molecule has 1 aliphatic carbocycles. The number of nitrogens with zero attached hydrogens (tertiary/aromatic N) is 2. The van der Waals surface area contributed by atoms with E-state index in [0.717, 1.165) is 9.05 Å². The normalized spacial score (nSPS) is 23.6. The molecule has 1 saturated carbocycles. The second kappa shape index (κ2) is 4.50. The number of hydrogen-bond acceptors (Lipinski definition) is 4. The zero-order valence-corrected chi connectivity index (χ0v) is 13.3. The summed E-state index contributed by atoms with van der Waals surface area (Å²) < 4.78 is 0.842. The van der Waals surface area contributed by atoms with E-state index in [4.69, 9.17) is 0 Å². The third-order valence-electron chi connectivity index (χ3n) is 3.28. The van der Waals surface area contributed by atoms with Crippen molar-refractivity contribution in [1.82, 2.24) is 10.2 Å². The standard InChI is InChI=1S/C12H20BrN3S/c1-11(2)5-8(6-12(3,4)7-11)14-10-16-15-9(13)17-10/h8H,5-7H2,1-4H3,(H,14,16). The highest BCUT2D eigenvalue weighted by molar-refractivity contribution is 9.11. The first kappa shape index (κ1) is 13.3. The lowest BCUT2D eigenvalue weighted by molar-refractivity contribution is 0.105. The Morgan fingerprint density at radius 1 is 1.18 bits per heavy atom. The van der Waals surface area contributed by atoms with Gasteiger partial charge in [-0.1, -0.05) is 39.0 Å². The monoisotopic (exact) mass is 317 g/mol. The molecule has 1 heterocycles. The molecule has 0 spiro atoms. The van der Waals surface area contributed by atoms with Crippen LogP contribution in [0.25, 0.3) is 0 Å². The average molecular weight is 318 g/mol. The van der Waals surface area contributed by atoms with Crippen molar-refractivity contribution in [3.63, 3.8) is 0 Å². The van der Waals surface area contributed by atoms with Crippen LogP contribution in [-0.2, 0) is 0 Å². The Hall–Kier alpha value is -0.160. The lowest BCUT2D eigenvalue weighted by atomic mass is 9.63. The highest BCUT2D eigenvalue weighted by Gasteiger charge is 2.38. The zero-order valence-electron chi connectivity index (χ0n) is 10.9. The third kappa shape index (κ3) is 3.65.